The van der Waals surface area contributed by atoms with E-state index in [-0.39, 0.29) is 0 Å². The molecule has 6 rings (SSSR count). The number of rotatable bonds is 5. The van der Waals surface area contributed by atoms with Crippen molar-refractivity contribution in [2.24, 2.45) is 0 Å². The van der Waals surface area contributed by atoms with Crippen LogP contribution in [0.15, 0.2) is 65.5 Å². The van der Waals surface area contributed by atoms with Crippen molar-refractivity contribution in [1.29, 1.82) is 0 Å². The van der Waals surface area contributed by atoms with Gasteiger partial charge in [-0.15, -0.1) is 10.2 Å². The lowest BCUT2D eigenvalue weighted by molar-refractivity contribution is 0.125. The Hall–Kier alpha value is -3.75. The van der Waals surface area contributed by atoms with Gasteiger partial charge in [-0.05, 0) is 25.1 Å². The molecule has 9 heteroatoms. The fourth-order valence-electron chi connectivity index (χ4n) is 4.08. The van der Waals surface area contributed by atoms with Gasteiger partial charge in [0.25, 0.3) is 0 Å². The van der Waals surface area contributed by atoms with Crippen LogP contribution in [-0.2, 0) is 17.9 Å². The standard InChI is InChI=1S/C24H19ClN6O2/c1-2-32-13-21-28-29-23-17-10-16(25)8-9-19(17)31-14-26-22(20(31)11-30(21)23)24-27-18(12-33-24)15-6-4-3-5-7-15/h3-10,12,14H,2,11,13H2,1H3. The second kappa shape index (κ2) is 7.99. The SMILES string of the molecule is CCOCc1nnc2n1Cc1c(-c3nc(-c4ccccc4)co3)ncn1-c1ccc(Cl)cc1-2. The highest BCUT2D eigenvalue weighted by Gasteiger charge is 2.28. The van der Waals surface area contributed by atoms with Crippen molar-refractivity contribution >= 4 is 11.6 Å². The molecule has 0 N–H and O–H groups in total. The molecule has 3 aromatic heterocycles. The molecule has 0 unspecified atom stereocenters. The minimum absolute atomic E-state index is 0.361. The first-order valence-corrected chi connectivity index (χ1v) is 11.0. The van der Waals surface area contributed by atoms with Gasteiger partial charge in [-0.3, -0.25) is 4.57 Å². The lowest BCUT2D eigenvalue weighted by Crippen LogP contribution is -2.09. The zero-order chi connectivity index (χ0) is 22.4. The van der Waals surface area contributed by atoms with E-state index in [0.717, 1.165) is 39.9 Å². The van der Waals surface area contributed by atoms with Crippen LogP contribution < -0.4 is 0 Å². The molecular formula is C24H19ClN6O2. The third kappa shape index (κ3) is 3.35. The Morgan fingerprint density at radius 2 is 2.00 bits per heavy atom. The van der Waals surface area contributed by atoms with Crippen molar-refractivity contribution in [2.45, 2.75) is 20.1 Å². The molecule has 33 heavy (non-hydrogen) atoms. The number of halogens is 1. The molecule has 0 bridgehead atoms. The van der Waals surface area contributed by atoms with Gasteiger partial charge in [0.05, 0.1) is 17.9 Å². The van der Waals surface area contributed by atoms with Gasteiger partial charge in [0.15, 0.2) is 11.6 Å². The van der Waals surface area contributed by atoms with Crippen molar-refractivity contribution in [3.05, 3.63) is 77.7 Å². The fourth-order valence-corrected chi connectivity index (χ4v) is 4.26. The summed E-state index contributed by atoms with van der Waals surface area (Å²) in [7, 11) is 0. The van der Waals surface area contributed by atoms with Gasteiger partial charge < -0.3 is 13.7 Å². The number of nitrogens with zero attached hydrogens (tertiary/aromatic N) is 6. The monoisotopic (exact) mass is 458 g/mol. The van der Waals surface area contributed by atoms with Crippen LogP contribution in [0.3, 0.4) is 0 Å². The van der Waals surface area contributed by atoms with Crippen LogP contribution in [0.25, 0.3) is 39.9 Å². The molecule has 0 spiro atoms. The number of oxazole rings is 1. The molecule has 0 atom stereocenters. The highest BCUT2D eigenvalue weighted by molar-refractivity contribution is 6.31. The van der Waals surface area contributed by atoms with Gasteiger partial charge in [0.1, 0.15) is 30.6 Å². The maximum absolute atomic E-state index is 6.34. The summed E-state index contributed by atoms with van der Waals surface area (Å²) in [5, 5.41) is 9.47. The Labute approximate surface area is 194 Å². The van der Waals surface area contributed by atoms with Gasteiger partial charge in [0.2, 0.25) is 5.89 Å². The van der Waals surface area contributed by atoms with Gasteiger partial charge in [0, 0.05) is 22.8 Å². The van der Waals surface area contributed by atoms with E-state index in [1.165, 1.54) is 0 Å². The van der Waals surface area contributed by atoms with Crippen LogP contribution in [0.2, 0.25) is 5.02 Å². The van der Waals surface area contributed by atoms with E-state index in [9.17, 15) is 0 Å². The Balaban J connectivity index is 1.51. The average molecular weight is 459 g/mol. The third-order valence-corrected chi connectivity index (χ3v) is 5.91. The van der Waals surface area contributed by atoms with Crippen molar-refractivity contribution < 1.29 is 9.15 Å². The smallest absolute Gasteiger partial charge is 0.247 e. The minimum Gasteiger partial charge on any atom is -0.443 e. The second-order valence-corrected chi connectivity index (χ2v) is 8.07. The van der Waals surface area contributed by atoms with E-state index in [1.807, 2.05) is 64.6 Å². The second-order valence-electron chi connectivity index (χ2n) is 7.64. The number of benzene rings is 2. The summed E-state index contributed by atoms with van der Waals surface area (Å²) in [6.07, 6.45) is 3.44. The van der Waals surface area contributed by atoms with Crippen LogP contribution >= 0.6 is 11.6 Å². The molecule has 0 radical (unpaired) electrons. The normalized spacial score (nSPS) is 12.2. The number of aromatic nitrogens is 6. The zero-order valence-electron chi connectivity index (χ0n) is 17.8. The van der Waals surface area contributed by atoms with Crippen molar-refractivity contribution in [1.82, 2.24) is 29.3 Å². The Kier molecular flexibility index (Phi) is 4.82. The number of imidazole rings is 1. The summed E-state index contributed by atoms with van der Waals surface area (Å²) in [4.78, 5) is 9.39. The summed E-state index contributed by atoms with van der Waals surface area (Å²) in [5.41, 5.74) is 5.11. The third-order valence-electron chi connectivity index (χ3n) is 5.67. The highest BCUT2D eigenvalue weighted by Crippen LogP contribution is 2.36. The molecule has 4 heterocycles. The molecule has 0 aliphatic carbocycles. The van der Waals surface area contributed by atoms with Crippen molar-refractivity contribution in [2.75, 3.05) is 6.61 Å². The molecule has 0 saturated carbocycles. The zero-order valence-corrected chi connectivity index (χ0v) is 18.5. The van der Waals surface area contributed by atoms with E-state index in [1.54, 1.807) is 12.6 Å². The van der Waals surface area contributed by atoms with Crippen LogP contribution in [0.1, 0.15) is 18.4 Å². The van der Waals surface area contributed by atoms with Gasteiger partial charge >= 0.3 is 0 Å². The van der Waals surface area contributed by atoms with Crippen LogP contribution in [0.4, 0.5) is 0 Å². The van der Waals surface area contributed by atoms with Gasteiger partial charge in [-0.25, -0.2) is 9.97 Å². The highest BCUT2D eigenvalue weighted by atomic mass is 35.5. The van der Waals surface area contributed by atoms with Crippen LogP contribution in [0.5, 0.6) is 0 Å². The predicted octanol–water partition coefficient (Wildman–Crippen LogP) is 5.00. The largest absolute Gasteiger partial charge is 0.443 e. The lowest BCUT2D eigenvalue weighted by atomic mass is 10.1. The summed E-state index contributed by atoms with van der Waals surface area (Å²) in [6, 6.07) is 15.6. The first-order valence-electron chi connectivity index (χ1n) is 10.6. The maximum Gasteiger partial charge on any atom is 0.247 e. The molecular weight excluding hydrogens is 440 g/mol. The Morgan fingerprint density at radius 3 is 2.85 bits per heavy atom. The topological polar surface area (TPSA) is 83.8 Å². The molecule has 164 valence electrons. The summed E-state index contributed by atoms with van der Waals surface area (Å²) >= 11 is 6.34. The molecule has 0 saturated heterocycles. The van der Waals surface area contributed by atoms with Crippen molar-refractivity contribution in [3.8, 4) is 39.9 Å². The summed E-state index contributed by atoms with van der Waals surface area (Å²) in [5.74, 6) is 1.92. The summed E-state index contributed by atoms with van der Waals surface area (Å²) < 4.78 is 15.6. The number of fused-ring (bicyclic) bond motifs is 5. The average Bonchev–Trinajstić information content (AvgIpc) is 3.56. The van der Waals surface area contributed by atoms with E-state index in [0.29, 0.717) is 36.4 Å². The van der Waals surface area contributed by atoms with Crippen LogP contribution in [-0.4, -0.2) is 35.9 Å². The number of hydrogen-bond donors (Lipinski definition) is 0. The minimum atomic E-state index is 0.361. The molecule has 1 aliphatic rings. The Morgan fingerprint density at radius 1 is 1.12 bits per heavy atom. The molecule has 0 amide bonds. The number of ether oxygens (including phenoxy) is 1. The molecule has 1 aliphatic heterocycles. The molecule has 5 aromatic rings. The fraction of sp³-hybridized carbons (Fsp3) is 0.167. The first kappa shape index (κ1) is 19.9. The van der Waals surface area contributed by atoms with Crippen LogP contribution in [0, 0.1) is 0 Å². The Bertz CT molecular complexity index is 1450. The molecule has 8 nitrogen and oxygen atoms in total. The first-order chi connectivity index (χ1) is 16.2. The lowest BCUT2D eigenvalue weighted by Gasteiger charge is -2.09. The van der Waals surface area contributed by atoms with Gasteiger partial charge in [-0.1, -0.05) is 41.9 Å². The predicted molar refractivity (Wildman–Crippen MR) is 123 cm³/mol. The quantitative estimate of drug-likeness (QED) is 0.361. The van der Waals surface area contributed by atoms with Gasteiger partial charge in [-0.2, -0.15) is 0 Å². The van der Waals surface area contributed by atoms with E-state index in [2.05, 4.69) is 15.2 Å². The maximum atomic E-state index is 6.34. The number of hydrogen-bond acceptors (Lipinski definition) is 6. The molecule has 0 fully saturated rings. The summed E-state index contributed by atoms with van der Waals surface area (Å²) in [6.45, 7) is 3.39. The van der Waals surface area contributed by atoms with E-state index < -0.39 is 0 Å². The van der Waals surface area contributed by atoms with Crippen molar-refractivity contribution in [3.63, 3.8) is 0 Å². The van der Waals surface area contributed by atoms with E-state index >= 15 is 0 Å². The van der Waals surface area contributed by atoms with E-state index in [4.69, 9.17) is 25.7 Å². The molecule has 2 aromatic carbocycles.